The van der Waals surface area contributed by atoms with Gasteiger partial charge in [-0.25, -0.2) is 0 Å². The molecule has 0 aromatic rings. The molecule has 0 bridgehead atoms. The summed E-state index contributed by atoms with van der Waals surface area (Å²) in [6, 6.07) is 0. The third kappa shape index (κ3) is 11.8. The summed E-state index contributed by atoms with van der Waals surface area (Å²) in [6.07, 6.45) is 0. The fourth-order valence-corrected chi connectivity index (χ4v) is 2.31. The second kappa shape index (κ2) is 11.9. The van der Waals surface area contributed by atoms with Gasteiger partial charge in [0.1, 0.15) is 13.1 Å². The number of rotatable bonds is 8. The summed E-state index contributed by atoms with van der Waals surface area (Å²) in [5, 5.41) is 19.6. The minimum atomic E-state index is -1.82. The topological polar surface area (TPSA) is 109 Å². The molecule has 0 spiro atoms. The Morgan fingerprint density at radius 2 is 0.714 bits per heavy atom. The number of hydrogen-bond donors (Lipinski definition) is 2. The Kier molecular flexibility index (Phi) is 14.8. The van der Waals surface area contributed by atoms with Crippen LogP contribution in [0.5, 0.6) is 0 Å². The van der Waals surface area contributed by atoms with Gasteiger partial charge in [-0.1, -0.05) is 0 Å². The molecule has 8 nitrogen and oxygen atoms in total. The molecule has 28 heavy (non-hydrogen) atoms. The largest absolute Gasteiger partial charge is 1.00 e. The molecule has 0 aliphatic carbocycles. The van der Waals surface area contributed by atoms with Crippen molar-refractivity contribution in [3.8, 4) is 0 Å². The fourth-order valence-electron chi connectivity index (χ4n) is 2.31. The van der Waals surface area contributed by atoms with Crippen molar-refractivity contribution in [3.63, 3.8) is 0 Å². The molecular weight excluding hydrogens is 411 g/mol. The standard InChI is InChI=1S/2C9H18NO3.2ClH/c2*1-7(11)9(13,8(2)12)6-10(3,4)5;;/h2*13H,6H2,1-5H3;2*1H/q2*+1;;/p-2. The SMILES string of the molecule is CC(=O)C(O)(C[N+](C)(C)C)C(C)=O.CC(=O)C(O)(C[N+](C)(C)C)C(C)=O.[Cl-].[Cl-]. The number of hydrogen-bond acceptors (Lipinski definition) is 6. The summed E-state index contributed by atoms with van der Waals surface area (Å²) in [5.74, 6) is -1.97. The first kappa shape index (κ1) is 34.6. The van der Waals surface area contributed by atoms with Crippen LogP contribution in [0.4, 0.5) is 0 Å². The highest BCUT2D eigenvalue weighted by Gasteiger charge is 2.43. The van der Waals surface area contributed by atoms with Crippen LogP contribution in [-0.4, -0.2) is 109 Å². The Morgan fingerprint density at radius 1 is 0.571 bits per heavy atom. The van der Waals surface area contributed by atoms with Gasteiger partial charge in [0.15, 0.2) is 23.1 Å². The van der Waals surface area contributed by atoms with Crippen molar-refractivity contribution in [2.24, 2.45) is 0 Å². The normalized spacial score (nSPS) is 11.9. The lowest BCUT2D eigenvalue weighted by Gasteiger charge is -2.32. The zero-order valence-electron chi connectivity index (χ0n) is 18.6. The molecule has 2 N–H and O–H groups in total. The number of carbonyl (C=O) groups is 4. The van der Waals surface area contributed by atoms with Crippen LogP contribution >= 0.6 is 0 Å². The van der Waals surface area contributed by atoms with E-state index in [4.69, 9.17) is 0 Å². The molecule has 0 amide bonds. The van der Waals surface area contributed by atoms with Crippen molar-refractivity contribution >= 4 is 23.1 Å². The van der Waals surface area contributed by atoms with Gasteiger partial charge in [-0.3, -0.25) is 19.2 Å². The lowest BCUT2D eigenvalue weighted by Crippen LogP contribution is -3.00. The number of likely N-dealkylation sites (N-methyl/N-ethyl adjacent to an activating group) is 2. The summed E-state index contributed by atoms with van der Waals surface area (Å²) in [4.78, 5) is 44.4. The van der Waals surface area contributed by atoms with Crippen molar-refractivity contribution in [2.75, 3.05) is 55.4 Å². The second-order valence-corrected chi connectivity index (χ2v) is 8.84. The molecule has 0 aliphatic heterocycles. The molecule has 0 atom stereocenters. The molecule has 0 heterocycles. The van der Waals surface area contributed by atoms with Gasteiger partial charge < -0.3 is 44.0 Å². The predicted octanol–water partition coefficient (Wildman–Crippen LogP) is -6.79. The molecule has 0 radical (unpaired) electrons. The van der Waals surface area contributed by atoms with Crippen LogP contribution in [0.15, 0.2) is 0 Å². The third-order valence-corrected chi connectivity index (χ3v) is 3.74. The maximum atomic E-state index is 11.1. The van der Waals surface area contributed by atoms with E-state index >= 15 is 0 Å². The molecule has 10 heteroatoms. The number of carbonyl (C=O) groups excluding carboxylic acids is 4. The van der Waals surface area contributed by atoms with Gasteiger partial charge in [0, 0.05) is 0 Å². The zero-order valence-corrected chi connectivity index (χ0v) is 20.1. The maximum absolute atomic E-state index is 11.1. The van der Waals surface area contributed by atoms with E-state index in [1.165, 1.54) is 27.7 Å². The van der Waals surface area contributed by atoms with Gasteiger partial charge in [-0.2, -0.15) is 0 Å². The summed E-state index contributed by atoms with van der Waals surface area (Å²) in [5.41, 5.74) is -3.64. The predicted molar refractivity (Wildman–Crippen MR) is 98.4 cm³/mol. The third-order valence-electron chi connectivity index (χ3n) is 3.74. The molecule has 0 fully saturated rings. The molecule has 0 aromatic carbocycles. The number of ketones is 4. The van der Waals surface area contributed by atoms with Crippen molar-refractivity contribution in [3.05, 3.63) is 0 Å². The van der Waals surface area contributed by atoms with Crippen LogP contribution in [0.25, 0.3) is 0 Å². The van der Waals surface area contributed by atoms with Gasteiger partial charge in [0.25, 0.3) is 0 Å². The van der Waals surface area contributed by atoms with E-state index in [0.717, 1.165) is 0 Å². The average molecular weight is 447 g/mol. The highest BCUT2D eigenvalue weighted by atomic mass is 35.5. The van der Waals surface area contributed by atoms with Gasteiger partial charge in [0.2, 0.25) is 11.2 Å². The molecule has 0 saturated carbocycles. The minimum Gasteiger partial charge on any atom is -1.00 e. The average Bonchev–Trinajstić information content (AvgIpc) is 2.34. The first-order valence-electron chi connectivity index (χ1n) is 8.29. The van der Waals surface area contributed by atoms with Crippen LogP contribution in [0.1, 0.15) is 27.7 Å². The summed E-state index contributed by atoms with van der Waals surface area (Å²) in [6.45, 7) is 5.15. The van der Waals surface area contributed by atoms with E-state index in [9.17, 15) is 29.4 Å². The number of aliphatic hydroxyl groups is 2. The quantitative estimate of drug-likeness (QED) is 0.283. The number of Topliss-reactive ketones (excluding diaryl/α,β-unsaturated/α-hetero) is 4. The lowest BCUT2D eigenvalue weighted by molar-refractivity contribution is -0.874. The molecule has 0 unspecified atom stereocenters. The zero-order chi connectivity index (χ0) is 21.7. The van der Waals surface area contributed by atoms with Crippen LogP contribution in [0, 0.1) is 0 Å². The number of halogens is 2. The Labute approximate surface area is 180 Å². The summed E-state index contributed by atoms with van der Waals surface area (Å²) in [7, 11) is 10.9. The molecule has 0 saturated heterocycles. The van der Waals surface area contributed by atoms with E-state index < -0.39 is 34.3 Å². The van der Waals surface area contributed by atoms with E-state index in [-0.39, 0.29) is 37.9 Å². The van der Waals surface area contributed by atoms with Crippen molar-refractivity contribution in [2.45, 2.75) is 38.9 Å². The first-order chi connectivity index (χ1) is 11.2. The van der Waals surface area contributed by atoms with Gasteiger partial charge >= 0.3 is 0 Å². The summed E-state index contributed by atoms with van der Waals surface area (Å²) < 4.78 is 0.741. The van der Waals surface area contributed by atoms with Crippen LogP contribution in [-0.2, 0) is 19.2 Å². The first-order valence-corrected chi connectivity index (χ1v) is 8.29. The lowest BCUT2D eigenvalue weighted by atomic mass is 9.94. The Morgan fingerprint density at radius 3 is 0.750 bits per heavy atom. The molecule has 168 valence electrons. The van der Waals surface area contributed by atoms with E-state index in [1.54, 1.807) is 0 Å². The van der Waals surface area contributed by atoms with Gasteiger partial charge in [-0.15, -0.1) is 0 Å². The fraction of sp³-hybridized carbons (Fsp3) is 0.778. The molecule has 0 aliphatic rings. The van der Waals surface area contributed by atoms with Crippen molar-refractivity contribution in [1.82, 2.24) is 0 Å². The molecule has 0 aromatic heterocycles. The van der Waals surface area contributed by atoms with E-state index in [1.807, 2.05) is 42.3 Å². The highest BCUT2D eigenvalue weighted by molar-refractivity contribution is 6.08. The Bertz CT molecular complexity index is 487. The Balaban J connectivity index is -0.000000192. The van der Waals surface area contributed by atoms with Gasteiger partial charge in [-0.05, 0) is 27.7 Å². The van der Waals surface area contributed by atoms with Crippen LogP contribution < -0.4 is 24.8 Å². The summed E-state index contributed by atoms with van der Waals surface area (Å²) >= 11 is 0. The Hall–Kier alpha value is -0.900. The highest BCUT2D eigenvalue weighted by Crippen LogP contribution is 2.13. The molecule has 0 rings (SSSR count). The minimum absolute atomic E-state index is 0. The van der Waals surface area contributed by atoms with E-state index in [0.29, 0.717) is 8.97 Å². The molecular formula is C18H36Cl2N2O6. The maximum Gasteiger partial charge on any atom is 0.230 e. The van der Waals surface area contributed by atoms with E-state index in [2.05, 4.69) is 0 Å². The van der Waals surface area contributed by atoms with Gasteiger partial charge in [0.05, 0.1) is 42.3 Å². The van der Waals surface area contributed by atoms with Crippen LogP contribution in [0.3, 0.4) is 0 Å². The van der Waals surface area contributed by atoms with Crippen molar-refractivity contribution in [1.29, 1.82) is 0 Å². The van der Waals surface area contributed by atoms with Crippen molar-refractivity contribution < 1.29 is 63.2 Å². The second-order valence-electron chi connectivity index (χ2n) is 8.84. The van der Waals surface area contributed by atoms with Crippen LogP contribution in [0.2, 0.25) is 0 Å². The smallest absolute Gasteiger partial charge is 0.230 e. The monoisotopic (exact) mass is 446 g/mol. The number of quaternary nitrogens is 2. The number of nitrogens with zero attached hydrogens (tertiary/aromatic N) is 2.